The van der Waals surface area contributed by atoms with Crippen molar-refractivity contribution in [1.29, 1.82) is 0 Å². The van der Waals surface area contributed by atoms with Gasteiger partial charge in [-0.1, -0.05) is 0 Å². The fourth-order valence-corrected chi connectivity index (χ4v) is 0.737. The van der Waals surface area contributed by atoms with Gasteiger partial charge in [-0.05, 0) is 20.8 Å². The third kappa shape index (κ3) is 4.85. The number of nitrogens with two attached hydrogens (primary N) is 1. The molecule has 0 aliphatic heterocycles. The SMILES string of the molecule is CC(C)(C)OC(CC=O)C(N)=O. The molecule has 0 radical (unpaired) electrons. The second-order valence-corrected chi connectivity index (χ2v) is 3.52. The van der Waals surface area contributed by atoms with E-state index in [-0.39, 0.29) is 6.42 Å². The highest BCUT2D eigenvalue weighted by Crippen LogP contribution is 2.11. The number of hydrogen-bond acceptors (Lipinski definition) is 3. The minimum Gasteiger partial charge on any atom is -0.367 e. The molecule has 0 aliphatic rings. The molecule has 0 fully saturated rings. The van der Waals surface area contributed by atoms with E-state index in [1.165, 1.54) is 0 Å². The van der Waals surface area contributed by atoms with Crippen molar-refractivity contribution in [2.24, 2.45) is 5.73 Å². The predicted molar refractivity (Wildman–Crippen MR) is 44.5 cm³/mol. The minimum absolute atomic E-state index is 0.0204. The molecule has 4 nitrogen and oxygen atoms in total. The summed E-state index contributed by atoms with van der Waals surface area (Å²) in [6.07, 6.45) is -0.157. The Morgan fingerprint density at radius 2 is 2.08 bits per heavy atom. The van der Waals surface area contributed by atoms with E-state index in [4.69, 9.17) is 10.5 Å². The molecule has 4 heteroatoms. The molecule has 0 saturated heterocycles. The quantitative estimate of drug-likeness (QED) is 0.619. The van der Waals surface area contributed by atoms with Crippen molar-refractivity contribution in [3.63, 3.8) is 0 Å². The molecule has 12 heavy (non-hydrogen) atoms. The first-order chi connectivity index (χ1) is 5.37. The first-order valence-electron chi connectivity index (χ1n) is 3.77. The number of carbonyl (C=O) groups is 2. The van der Waals surface area contributed by atoms with Crippen LogP contribution in [-0.4, -0.2) is 23.9 Å². The number of carbonyl (C=O) groups excluding carboxylic acids is 2. The number of primary amides is 1. The van der Waals surface area contributed by atoms with Crippen LogP contribution in [0.3, 0.4) is 0 Å². The van der Waals surface area contributed by atoms with Gasteiger partial charge in [0, 0.05) is 6.42 Å². The lowest BCUT2D eigenvalue weighted by atomic mass is 10.1. The van der Waals surface area contributed by atoms with Crippen LogP contribution in [-0.2, 0) is 14.3 Å². The summed E-state index contributed by atoms with van der Waals surface area (Å²) in [5.74, 6) is -0.600. The summed E-state index contributed by atoms with van der Waals surface area (Å²) < 4.78 is 5.23. The van der Waals surface area contributed by atoms with Crippen molar-refractivity contribution in [2.45, 2.75) is 38.9 Å². The summed E-state index contributed by atoms with van der Waals surface area (Å²) >= 11 is 0. The van der Waals surface area contributed by atoms with Gasteiger partial charge in [-0.15, -0.1) is 0 Å². The zero-order valence-corrected chi connectivity index (χ0v) is 7.66. The van der Waals surface area contributed by atoms with Gasteiger partial charge in [-0.2, -0.15) is 0 Å². The number of aldehydes is 1. The van der Waals surface area contributed by atoms with Crippen molar-refractivity contribution in [3.8, 4) is 0 Å². The Labute approximate surface area is 72.1 Å². The number of amides is 1. The zero-order valence-electron chi connectivity index (χ0n) is 7.66. The van der Waals surface area contributed by atoms with E-state index in [0.29, 0.717) is 6.29 Å². The van der Waals surface area contributed by atoms with Crippen molar-refractivity contribution < 1.29 is 14.3 Å². The van der Waals surface area contributed by atoms with Gasteiger partial charge in [0.1, 0.15) is 12.4 Å². The minimum atomic E-state index is -0.803. The van der Waals surface area contributed by atoms with E-state index in [2.05, 4.69) is 0 Å². The second-order valence-electron chi connectivity index (χ2n) is 3.52. The third-order valence-corrected chi connectivity index (χ3v) is 1.12. The molecule has 0 heterocycles. The Kier molecular flexibility index (Phi) is 3.89. The van der Waals surface area contributed by atoms with Crippen LogP contribution in [0.15, 0.2) is 0 Å². The van der Waals surface area contributed by atoms with Gasteiger partial charge in [0.15, 0.2) is 0 Å². The van der Waals surface area contributed by atoms with Crippen LogP contribution in [0.2, 0.25) is 0 Å². The molecule has 0 spiro atoms. The first kappa shape index (κ1) is 11.1. The molecule has 1 atom stereocenters. The van der Waals surface area contributed by atoms with E-state index in [0.717, 1.165) is 0 Å². The van der Waals surface area contributed by atoms with Crippen molar-refractivity contribution >= 4 is 12.2 Å². The highest BCUT2D eigenvalue weighted by molar-refractivity contribution is 5.81. The first-order valence-corrected chi connectivity index (χ1v) is 3.77. The molecule has 1 amide bonds. The summed E-state index contributed by atoms with van der Waals surface area (Å²) in [5, 5.41) is 0. The van der Waals surface area contributed by atoms with E-state index in [9.17, 15) is 9.59 Å². The summed E-state index contributed by atoms with van der Waals surface area (Å²) in [5.41, 5.74) is 4.55. The lowest BCUT2D eigenvalue weighted by Crippen LogP contribution is -2.37. The van der Waals surface area contributed by atoms with Crippen LogP contribution < -0.4 is 5.73 Å². The second kappa shape index (κ2) is 4.21. The van der Waals surface area contributed by atoms with Gasteiger partial charge < -0.3 is 15.3 Å². The Morgan fingerprint density at radius 3 is 2.33 bits per heavy atom. The lowest BCUT2D eigenvalue weighted by Gasteiger charge is -2.24. The average Bonchev–Trinajstić information content (AvgIpc) is 1.83. The van der Waals surface area contributed by atoms with Crippen LogP contribution in [0.5, 0.6) is 0 Å². The summed E-state index contributed by atoms with van der Waals surface area (Å²) in [4.78, 5) is 20.8. The molecule has 1 unspecified atom stereocenters. The van der Waals surface area contributed by atoms with Gasteiger partial charge in [-0.25, -0.2) is 0 Å². The maximum atomic E-state index is 10.7. The average molecular weight is 173 g/mol. The molecule has 0 aliphatic carbocycles. The zero-order chi connectivity index (χ0) is 9.78. The number of ether oxygens (including phenoxy) is 1. The maximum Gasteiger partial charge on any atom is 0.247 e. The lowest BCUT2D eigenvalue weighted by molar-refractivity contribution is -0.141. The highest BCUT2D eigenvalue weighted by Gasteiger charge is 2.22. The molecule has 70 valence electrons. The molecule has 0 aromatic heterocycles. The summed E-state index contributed by atoms with van der Waals surface area (Å²) in [7, 11) is 0. The van der Waals surface area contributed by atoms with Crippen LogP contribution in [0, 0.1) is 0 Å². The van der Waals surface area contributed by atoms with Gasteiger partial charge in [0.25, 0.3) is 0 Å². The molecule has 0 rings (SSSR count). The fourth-order valence-electron chi connectivity index (χ4n) is 0.737. The Morgan fingerprint density at radius 1 is 1.58 bits per heavy atom. The van der Waals surface area contributed by atoms with Crippen molar-refractivity contribution in [1.82, 2.24) is 0 Å². The number of hydrogen-bond donors (Lipinski definition) is 1. The smallest absolute Gasteiger partial charge is 0.247 e. The van der Waals surface area contributed by atoms with Gasteiger partial charge in [0.05, 0.1) is 5.60 Å². The van der Waals surface area contributed by atoms with Crippen molar-refractivity contribution in [3.05, 3.63) is 0 Å². The molecule has 0 bridgehead atoms. The molecular formula is C8H15NO3. The molecule has 0 aromatic rings. The largest absolute Gasteiger partial charge is 0.367 e. The predicted octanol–water partition coefficient (Wildman–Crippen LogP) is 0.244. The number of rotatable bonds is 4. The topological polar surface area (TPSA) is 69.4 Å². The van der Waals surface area contributed by atoms with E-state index < -0.39 is 17.6 Å². The van der Waals surface area contributed by atoms with Gasteiger partial charge in [0.2, 0.25) is 5.91 Å². The fraction of sp³-hybridized carbons (Fsp3) is 0.750. The van der Waals surface area contributed by atoms with Crippen molar-refractivity contribution in [2.75, 3.05) is 0 Å². The van der Waals surface area contributed by atoms with Crippen LogP contribution in [0.1, 0.15) is 27.2 Å². The summed E-state index contributed by atoms with van der Waals surface area (Å²) in [6, 6.07) is 0. The van der Waals surface area contributed by atoms with Crippen LogP contribution in [0.25, 0.3) is 0 Å². The molecule has 0 saturated carbocycles. The van der Waals surface area contributed by atoms with E-state index >= 15 is 0 Å². The molecular weight excluding hydrogens is 158 g/mol. The van der Waals surface area contributed by atoms with Crippen LogP contribution >= 0.6 is 0 Å². The summed E-state index contributed by atoms with van der Waals surface area (Å²) in [6.45, 7) is 5.40. The van der Waals surface area contributed by atoms with Crippen LogP contribution in [0.4, 0.5) is 0 Å². The maximum absolute atomic E-state index is 10.7. The normalized spacial score (nSPS) is 13.9. The Bertz CT molecular complexity index is 172. The molecule has 2 N–H and O–H groups in total. The standard InChI is InChI=1S/C8H15NO3/c1-8(2,3)12-6(4-5-10)7(9)11/h5-6H,4H2,1-3H3,(H2,9,11). The molecule has 0 aromatic carbocycles. The third-order valence-electron chi connectivity index (χ3n) is 1.12. The highest BCUT2D eigenvalue weighted by atomic mass is 16.5. The van der Waals surface area contributed by atoms with Gasteiger partial charge >= 0.3 is 0 Å². The van der Waals surface area contributed by atoms with E-state index in [1.54, 1.807) is 20.8 Å². The van der Waals surface area contributed by atoms with Gasteiger partial charge in [-0.3, -0.25) is 4.79 Å². The Hall–Kier alpha value is -0.900. The Balaban J connectivity index is 4.13. The monoisotopic (exact) mass is 173 g/mol. The van der Waals surface area contributed by atoms with E-state index in [1.807, 2.05) is 0 Å².